The molecule has 0 radical (unpaired) electrons. The summed E-state index contributed by atoms with van der Waals surface area (Å²) in [6.45, 7) is 5.69. The number of nitrogens with zero attached hydrogens (tertiary/aromatic N) is 1. The highest BCUT2D eigenvalue weighted by Crippen LogP contribution is 2.34. The molecule has 0 heterocycles. The van der Waals surface area contributed by atoms with E-state index in [1.54, 1.807) is 0 Å². The maximum absolute atomic E-state index is 10.4. The molecular weight excluding hydrogens is 234 g/mol. The second-order valence-electron chi connectivity index (χ2n) is 6.72. The molecule has 0 bridgehead atoms. The first kappa shape index (κ1) is 15.3. The summed E-state index contributed by atoms with van der Waals surface area (Å²) in [7, 11) is 0. The molecule has 0 aliphatic heterocycles. The lowest BCUT2D eigenvalue weighted by Gasteiger charge is -2.45. The van der Waals surface area contributed by atoms with E-state index < -0.39 is 0 Å². The van der Waals surface area contributed by atoms with Gasteiger partial charge in [0.2, 0.25) is 0 Å². The maximum Gasteiger partial charge on any atom is 0.0695 e. The van der Waals surface area contributed by atoms with Gasteiger partial charge in [0.25, 0.3) is 0 Å². The minimum atomic E-state index is -0.0741. The zero-order chi connectivity index (χ0) is 13.7. The molecule has 19 heavy (non-hydrogen) atoms. The van der Waals surface area contributed by atoms with Crippen LogP contribution in [0, 0.1) is 5.92 Å². The molecule has 2 fully saturated rings. The fourth-order valence-electron chi connectivity index (χ4n) is 4.42. The highest BCUT2D eigenvalue weighted by molar-refractivity contribution is 4.90. The molecule has 0 aromatic rings. The molecule has 2 aliphatic carbocycles. The highest BCUT2D eigenvalue weighted by Gasteiger charge is 2.35. The summed E-state index contributed by atoms with van der Waals surface area (Å²) in [5.41, 5.74) is 0. The summed E-state index contributed by atoms with van der Waals surface area (Å²) >= 11 is 0. The van der Waals surface area contributed by atoms with E-state index in [0.717, 1.165) is 24.9 Å². The van der Waals surface area contributed by atoms with Crippen molar-refractivity contribution in [1.82, 2.24) is 4.90 Å². The number of aliphatic hydroxyl groups is 1. The van der Waals surface area contributed by atoms with Gasteiger partial charge in [0, 0.05) is 12.1 Å². The van der Waals surface area contributed by atoms with Crippen LogP contribution in [-0.4, -0.2) is 34.7 Å². The van der Waals surface area contributed by atoms with Crippen LogP contribution in [0.3, 0.4) is 0 Å². The van der Waals surface area contributed by atoms with Crippen LogP contribution in [0.2, 0.25) is 0 Å². The van der Waals surface area contributed by atoms with E-state index in [-0.39, 0.29) is 6.10 Å². The second kappa shape index (κ2) is 7.64. The van der Waals surface area contributed by atoms with E-state index in [9.17, 15) is 5.11 Å². The van der Waals surface area contributed by atoms with Gasteiger partial charge in [0.1, 0.15) is 0 Å². The van der Waals surface area contributed by atoms with Gasteiger partial charge in [-0.2, -0.15) is 0 Å². The normalized spacial score (nSPS) is 33.8. The van der Waals surface area contributed by atoms with Gasteiger partial charge in [-0.25, -0.2) is 0 Å². The Hall–Kier alpha value is -0.0800. The van der Waals surface area contributed by atoms with Crippen LogP contribution >= 0.6 is 0 Å². The Balaban J connectivity index is 1.97. The molecule has 2 rings (SSSR count). The van der Waals surface area contributed by atoms with Crippen molar-refractivity contribution in [1.29, 1.82) is 0 Å². The van der Waals surface area contributed by atoms with Crippen molar-refractivity contribution < 1.29 is 5.11 Å². The van der Waals surface area contributed by atoms with E-state index in [0.29, 0.717) is 6.04 Å². The molecule has 1 N–H and O–H groups in total. The molecule has 3 atom stereocenters. The number of rotatable bonds is 5. The molecule has 112 valence electrons. The van der Waals surface area contributed by atoms with E-state index >= 15 is 0 Å². The van der Waals surface area contributed by atoms with Crippen molar-refractivity contribution in [3.63, 3.8) is 0 Å². The Morgan fingerprint density at radius 2 is 1.74 bits per heavy atom. The van der Waals surface area contributed by atoms with Gasteiger partial charge in [0.15, 0.2) is 0 Å². The number of likely N-dealkylation sites (N-methyl/N-ethyl adjacent to an activating group) is 1. The standard InChI is InChI=1S/C17H33NO/c1-3-8-14-11-12-17(19)16(13-14)18(4-2)15-9-6-5-7-10-15/h14-17,19H,3-13H2,1-2H3. The molecule has 0 amide bonds. The Morgan fingerprint density at radius 1 is 1.00 bits per heavy atom. The van der Waals surface area contributed by atoms with Gasteiger partial charge in [0.05, 0.1) is 6.10 Å². The fraction of sp³-hybridized carbons (Fsp3) is 1.00. The summed E-state index contributed by atoms with van der Waals surface area (Å²) in [5, 5.41) is 10.4. The first-order chi connectivity index (χ1) is 9.26. The first-order valence-electron chi connectivity index (χ1n) is 8.70. The van der Waals surface area contributed by atoms with Crippen molar-refractivity contribution in [2.45, 2.75) is 96.2 Å². The number of aliphatic hydroxyl groups excluding tert-OH is 1. The lowest BCUT2D eigenvalue weighted by Crippen LogP contribution is -2.52. The predicted octanol–water partition coefficient (Wildman–Crippen LogP) is 3.97. The molecule has 0 spiro atoms. The third-order valence-electron chi connectivity index (χ3n) is 5.42. The summed E-state index contributed by atoms with van der Waals surface area (Å²) in [5.74, 6) is 0.857. The summed E-state index contributed by atoms with van der Waals surface area (Å²) < 4.78 is 0. The Morgan fingerprint density at radius 3 is 2.37 bits per heavy atom. The smallest absolute Gasteiger partial charge is 0.0695 e. The number of hydrogen-bond donors (Lipinski definition) is 1. The van der Waals surface area contributed by atoms with E-state index in [4.69, 9.17) is 0 Å². The van der Waals surface area contributed by atoms with Gasteiger partial charge in [-0.15, -0.1) is 0 Å². The Labute approximate surface area is 119 Å². The lowest BCUT2D eigenvalue weighted by atomic mass is 9.79. The van der Waals surface area contributed by atoms with Gasteiger partial charge < -0.3 is 5.11 Å². The van der Waals surface area contributed by atoms with Crippen LogP contribution in [0.5, 0.6) is 0 Å². The maximum atomic E-state index is 10.4. The van der Waals surface area contributed by atoms with E-state index in [1.807, 2.05) is 0 Å². The Bertz CT molecular complexity index is 250. The monoisotopic (exact) mass is 267 g/mol. The molecular formula is C17H33NO. The molecule has 0 aromatic heterocycles. The SMILES string of the molecule is CCCC1CCC(O)C(N(CC)C2CCCCC2)C1. The zero-order valence-electron chi connectivity index (χ0n) is 13.0. The fourth-order valence-corrected chi connectivity index (χ4v) is 4.42. The van der Waals surface area contributed by atoms with E-state index in [2.05, 4.69) is 18.7 Å². The van der Waals surface area contributed by atoms with Gasteiger partial charge in [-0.1, -0.05) is 46.0 Å². The van der Waals surface area contributed by atoms with Crippen LogP contribution in [0.1, 0.15) is 78.1 Å². The first-order valence-corrected chi connectivity index (χ1v) is 8.70. The average Bonchev–Trinajstić information content (AvgIpc) is 2.44. The quantitative estimate of drug-likeness (QED) is 0.814. The second-order valence-corrected chi connectivity index (χ2v) is 6.72. The van der Waals surface area contributed by atoms with Crippen LogP contribution in [0.15, 0.2) is 0 Å². The molecule has 2 saturated carbocycles. The lowest BCUT2D eigenvalue weighted by molar-refractivity contribution is -0.0223. The van der Waals surface area contributed by atoms with Gasteiger partial charge >= 0.3 is 0 Å². The molecule has 2 heteroatoms. The van der Waals surface area contributed by atoms with Crippen molar-refractivity contribution in [2.75, 3.05) is 6.54 Å². The minimum Gasteiger partial charge on any atom is -0.391 e. The summed E-state index contributed by atoms with van der Waals surface area (Å²) in [6, 6.07) is 1.19. The van der Waals surface area contributed by atoms with Crippen molar-refractivity contribution in [2.24, 2.45) is 5.92 Å². The van der Waals surface area contributed by atoms with E-state index in [1.165, 1.54) is 57.8 Å². The Kier molecular flexibility index (Phi) is 6.15. The van der Waals surface area contributed by atoms with Crippen molar-refractivity contribution in [3.05, 3.63) is 0 Å². The van der Waals surface area contributed by atoms with Crippen LogP contribution < -0.4 is 0 Å². The molecule has 2 aliphatic rings. The van der Waals surface area contributed by atoms with Crippen LogP contribution in [-0.2, 0) is 0 Å². The zero-order valence-corrected chi connectivity index (χ0v) is 13.0. The van der Waals surface area contributed by atoms with Gasteiger partial charge in [-0.05, 0) is 44.6 Å². The molecule has 3 unspecified atom stereocenters. The average molecular weight is 267 g/mol. The van der Waals surface area contributed by atoms with Crippen LogP contribution in [0.4, 0.5) is 0 Å². The topological polar surface area (TPSA) is 23.5 Å². The molecule has 0 saturated heterocycles. The third-order valence-corrected chi connectivity index (χ3v) is 5.42. The minimum absolute atomic E-state index is 0.0741. The van der Waals surface area contributed by atoms with Crippen molar-refractivity contribution >= 4 is 0 Å². The highest BCUT2D eigenvalue weighted by atomic mass is 16.3. The predicted molar refractivity (Wildman–Crippen MR) is 81.3 cm³/mol. The summed E-state index contributed by atoms with van der Waals surface area (Å²) in [4.78, 5) is 2.66. The third kappa shape index (κ3) is 3.95. The van der Waals surface area contributed by atoms with Crippen molar-refractivity contribution in [3.8, 4) is 0 Å². The number of hydrogen-bond acceptors (Lipinski definition) is 2. The largest absolute Gasteiger partial charge is 0.391 e. The summed E-state index contributed by atoms with van der Waals surface area (Å²) in [6.07, 6.45) is 13.0. The molecule has 0 aromatic carbocycles. The van der Waals surface area contributed by atoms with Crippen LogP contribution in [0.25, 0.3) is 0 Å². The van der Waals surface area contributed by atoms with Gasteiger partial charge in [-0.3, -0.25) is 4.90 Å². The molecule has 2 nitrogen and oxygen atoms in total.